The largest absolute Gasteiger partial charge is 0.300 e. The van der Waals surface area contributed by atoms with Crippen LogP contribution in [0.15, 0.2) is 0 Å². The molecule has 5 aliphatic carbocycles. The number of carbonyl (C=O) groups is 1. The van der Waals surface area contributed by atoms with E-state index in [1.54, 1.807) is 0 Å². The highest BCUT2D eigenvalue weighted by Gasteiger charge is 2.60. The Morgan fingerprint density at radius 1 is 0.824 bits per heavy atom. The van der Waals surface area contributed by atoms with Crippen LogP contribution in [0.25, 0.3) is 0 Å². The van der Waals surface area contributed by atoms with Gasteiger partial charge in [0.15, 0.2) is 0 Å². The van der Waals surface area contributed by atoms with Crippen molar-refractivity contribution < 1.29 is 4.79 Å². The Hall–Kier alpha value is -0.330. The minimum atomic E-state index is 0.542. The van der Waals surface area contributed by atoms with E-state index in [9.17, 15) is 4.79 Å². The fourth-order valence-corrected chi connectivity index (χ4v) is 11.1. The summed E-state index contributed by atoms with van der Waals surface area (Å²) in [5, 5.41) is 0. The van der Waals surface area contributed by atoms with Gasteiger partial charge < -0.3 is 0 Å². The van der Waals surface area contributed by atoms with Gasteiger partial charge in [-0.15, -0.1) is 0 Å². The van der Waals surface area contributed by atoms with Crippen LogP contribution >= 0.6 is 0 Å². The first-order valence-electron chi connectivity index (χ1n) is 15.7. The van der Waals surface area contributed by atoms with E-state index < -0.39 is 0 Å². The normalized spacial score (nSPS) is 47.4. The predicted molar refractivity (Wildman–Crippen MR) is 144 cm³/mol. The van der Waals surface area contributed by atoms with Crippen molar-refractivity contribution in [3.05, 3.63) is 0 Å². The molecule has 194 valence electrons. The molecular formula is C33H56O. The molecule has 1 heteroatoms. The van der Waals surface area contributed by atoms with Crippen LogP contribution in [-0.4, -0.2) is 5.78 Å². The second-order valence-corrected chi connectivity index (χ2v) is 15.2. The predicted octanol–water partition coefficient (Wildman–Crippen LogP) is 9.48. The van der Waals surface area contributed by atoms with Gasteiger partial charge in [-0.1, -0.05) is 53.9 Å². The lowest BCUT2D eigenvalue weighted by molar-refractivity contribution is -0.122. The first kappa shape index (κ1) is 25.3. The van der Waals surface area contributed by atoms with Crippen LogP contribution in [0, 0.1) is 64.1 Å². The van der Waals surface area contributed by atoms with Gasteiger partial charge in [-0.2, -0.15) is 0 Å². The number of fused-ring (bicyclic) bond motifs is 5. The molecule has 10 atom stereocenters. The SMILES string of the molecule is CC(C)CCC[C@@H](C)[C@H]1CC[C@H]2[C@@H]3CC[C@H]4C[C@@H](CC5CCC(=O)C5)CC[C@]4(C)[C@H]3CC[C@]12C. The molecule has 0 aliphatic heterocycles. The van der Waals surface area contributed by atoms with Gasteiger partial charge >= 0.3 is 0 Å². The molecule has 0 aromatic carbocycles. The summed E-state index contributed by atoms with van der Waals surface area (Å²) in [5.74, 6) is 8.99. The van der Waals surface area contributed by atoms with Gasteiger partial charge in [0.25, 0.3) is 0 Å². The van der Waals surface area contributed by atoms with Crippen LogP contribution < -0.4 is 0 Å². The van der Waals surface area contributed by atoms with Crippen molar-refractivity contribution in [3.8, 4) is 0 Å². The first-order valence-corrected chi connectivity index (χ1v) is 15.7. The van der Waals surface area contributed by atoms with Gasteiger partial charge in [-0.05, 0) is 135 Å². The van der Waals surface area contributed by atoms with Gasteiger partial charge in [0.05, 0.1) is 0 Å². The number of hydrogen-bond acceptors (Lipinski definition) is 1. The molecule has 5 aliphatic rings. The van der Waals surface area contributed by atoms with Crippen molar-refractivity contribution in [2.45, 2.75) is 137 Å². The number of hydrogen-bond donors (Lipinski definition) is 0. The maximum absolute atomic E-state index is 11.8. The monoisotopic (exact) mass is 468 g/mol. The molecule has 0 aromatic heterocycles. The highest BCUT2D eigenvalue weighted by atomic mass is 16.1. The van der Waals surface area contributed by atoms with E-state index in [1.807, 2.05) is 0 Å². The summed E-state index contributed by atoms with van der Waals surface area (Å²) < 4.78 is 0. The molecule has 0 aromatic rings. The highest BCUT2D eigenvalue weighted by Crippen LogP contribution is 2.69. The Bertz CT molecular complexity index is 724. The van der Waals surface area contributed by atoms with E-state index in [0.717, 1.165) is 66.1 Å². The minimum Gasteiger partial charge on any atom is -0.300 e. The molecule has 5 rings (SSSR count). The summed E-state index contributed by atoms with van der Waals surface area (Å²) in [6, 6.07) is 0. The zero-order valence-electron chi connectivity index (χ0n) is 23.4. The van der Waals surface area contributed by atoms with E-state index in [4.69, 9.17) is 0 Å². The lowest BCUT2D eigenvalue weighted by Gasteiger charge is -2.61. The summed E-state index contributed by atoms with van der Waals surface area (Å²) in [6.45, 7) is 12.9. The molecule has 0 radical (unpaired) electrons. The first-order chi connectivity index (χ1) is 16.2. The molecule has 0 heterocycles. The molecule has 5 saturated carbocycles. The minimum absolute atomic E-state index is 0.542. The lowest BCUT2D eigenvalue weighted by Crippen LogP contribution is -2.53. The standard InChI is InChI=1S/C33H56O/c1-22(2)7-6-8-23(3)29-13-14-30-28-12-10-26-20-25(19-24-9-11-27(34)21-24)15-17-32(26,4)31(28)16-18-33(29,30)5/h22-26,28-31H,6-21H2,1-5H3/t23-,24?,25-,26+,28+,29-,30+,31+,32+,33-/m1/s1. The third-order valence-electron chi connectivity index (χ3n) is 13.0. The fraction of sp³-hybridized carbons (Fsp3) is 0.970. The second-order valence-electron chi connectivity index (χ2n) is 15.2. The van der Waals surface area contributed by atoms with Crippen molar-refractivity contribution in [2.75, 3.05) is 0 Å². The Balaban J connectivity index is 1.22. The average molecular weight is 469 g/mol. The molecule has 5 fully saturated rings. The summed E-state index contributed by atoms with van der Waals surface area (Å²) in [4.78, 5) is 11.8. The fourth-order valence-electron chi connectivity index (χ4n) is 11.1. The van der Waals surface area contributed by atoms with Crippen LogP contribution in [-0.2, 0) is 4.79 Å². The molecule has 1 unspecified atom stereocenters. The Morgan fingerprint density at radius 3 is 2.32 bits per heavy atom. The van der Waals surface area contributed by atoms with Crippen molar-refractivity contribution >= 4 is 5.78 Å². The third-order valence-corrected chi connectivity index (χ3v) is 13.0. The molecule has 0 saturated heterocycles. The maximum atomic E-state index is 11.8. The molecule has 34 heavy (non-hydrogen) atoms. The molecule has 1 nitrogen and oxygen atoms in total. The van der Waals surface area contributed by atoms with E-state index in [-0.39, 0.29) is 0 Å². The van der Waals surface area contributed by atoms with Crippen molar-refractivity contribution in [3.63, 3.8) is 0 Å². The van der Waals surface area contributed by atoms with Crippen LogP contribution in [0.3, 0.4) is 0 Å². The van der Waals surface area contributed by atoms with E-state index in [2.05, 4.69) is 34.6 Å². The van der Waals surface area contributed by atoms with E-state index in [0.29, 0.717) is 16.6 Å². The van der Waals surface area contributed by atoms with E-state index in [1.165, 1.54) is 89.9 Å². The lowest BCUT2D eigenvalue weighted by atomic mass is 9.43. The quantitative estimate of drug-likeness (QED) is 0.363. The summed E-state index contributed by atoms with van der Waals surface area (Å²) >= 11 is 0. The summed E-state index contributed by atoms with van der Waals surface area (Å²) in [6.07, 6.45) is 22.3. The van der Waals surface area contributed by atoms with Crippen LogP contribution in [0.5, 0.6) is 0 Å². The van der Waals surface area contributed by atoms with Gasteiger partial charge in [0.1, 0.15) is 5.78 Å². The zero-order valence-corrected chi connectivity index (χ0v) is 23.4. The van der Waals surface area contributed by atoms with Crippen LogP contribution in [0.2, 0.25) is 0 Å². The van der Waals surface area contributed by atoms with Gasteiger partial charge in [0, 0.05) is 12.8 Å². The third kappa shape index (κ3) is 4.58. The van der Waals surface area contributed by atoms with Gasteiger partial charge in [-0.25, -0.2) is 0 Å². The highest BCUT2D eigenvalue weighted by molar-refractivity contribution is 5.80. The Kier molecular flexibility index (Phi) is 7.34. The zero-order chi connectivity index (χ0) is 24.1. The second kappa shape index (κ2) is 9.85. The summed E-state index contributed by atoms with van der Waals surface area (Å²) in [7, 11) is 0. The number of carbonyl (C=O) groups excluding carboxylic acids is 1. The number of ketones is 1. The van der Waals surface area contributed by atoms with Gasteiger partial charge in [-0.3, -0.25) is 4.79 Å². The average Bonchev–Trinajstić information content (AvgIpc) is 3.35. The van der Waals surface area contributed by atoms with Crippen molar-refractivity contribution in [1.29, 1.82) is 0 Å². The van der Waals surface area contributed by atoms with Crippen LogP contribution in [0.1, 0.15) is 137 Å². The molecule has 0 bridgehead atoms. The van der Waals surface area contributed by atoms with Crippen molar-refractivity contribution in [2.24, 2.45) is 64.1 Å². The maximum Gasteiger partial charge on any atom is 0.133 e. The van der Waals surface area contributed by atoms with Gasteiger partial charge in [0.2, 0.25) is 0 Å². The van der Waals surface area contributed by atoms with E-state index >= 15 is 0 Å². The Labute approximate surface area is 212 Å². The number of rotatable bonds is 7. The summed E-state index contributed by atoms with van der Waals surface area (Å²) in [5.41, 5.74) is 1.25. The Morgan fingerprint density at radius 2 is 1.59 bits per heavy atom. The molecule has 0 amide bonds. The molecular weight excluding hydrogens is 412 g/mol. The topological polar surface area (TPSA) is 17.1 Å². The number of Topliss-reactive ketones (excluding diaryl/α,β-unsaturated/α-hetero) is 1. The van der Waals surface area contributed by atoms with Crippen molar-refractivity contribution in [1.82, 2.24) is 0 Å². The van der Waals surface area contributed by atoms with Crippen LogP contribution in [0.4, 0.5) is 0 Å². The molecule has 0 spiro atoms. The molecule has 0 N–H and O–H groups in total. The smallest absolute Gasteiger partial charge is 0.133 e.